The highest BCUT2D eigenvalue weighted by molar-refractivity contribution is 8.13. The number of aliphatic hydroxyl groups excluding tert-OH is 3. The second-order valence-electron chi connectivity index (χ2n) is 21.5. The smallest absolute Gasteiger partial charge is 0.416 e. The molecule has 79 heavy (non-hydrogen) atoms. The summed E-state index contributed by atoms with van der Waals surface area (Å²) < 4.78 is 14.9. The average Bonchev–Trinajstić information content (AvgIpc) is 4.12. The zero-order chi connectivity index (χ0) is 59.0. The lowest BCUT2D eigenvalue weighted by molar-refractivity contribution is -0.141. The van der Waals surface area contributed by atoms with Crippen LogP contribution in [0.4, 0.5) is 14.4 Å². The molecule has 5 N–H and O–H groups in total. The predicted molar refractivity (Wildman–Crippen MR) is 303 cm³/mol. The number of carboxylic acid groups (broad SMARTS) is 1. The van der Waals surface area contributed by atoms with Gasteiger partial charge in [-0.05, 0) is 85.3 Å². The van der Waals surface area contributed by atoms with Gasteiger partial charge >= 0.3 is 24.2 Å². The first-order valence-electron chi connectivity index (χ1n) is 27.2. The topological polar surface area (TPSA) is 264 Å². The molecule has 6 atom stereocenters. The van der Waals surface area contributed by atoms with Crippen LogP contribution in [0.3, 0.4) is 0 Å². The Bertz CT molecular complexity index is 2300. The lowest BCUT2D eigenvalue weighted by atomic mass is 9.94. The molecular weight excluding hydrogens is 1030 g/mol. The largest absolute Gasteiger partial charge is 0.481 e. The van der Waals surface area contributed by atoms with E-state index in [9.17, 15) is 43.5 Å². The number of alkyl carbamates (subject to hydrolysis) is 1. The summed E-state index contributed by atoms with van der Waals surface area (Å²) in [5.41, 5.74) is 3.38. The number of ether oxygens (including phenoxy) is 3. The quantitative estimate of drug-likeness (QED) is 0.0555. The summed E-state index contributed by atoms with van der Waals surface area (Å²) in [6.45, 7) is 17.6. The van der Waals surface area contributed by atoms with Crippen molar-refractivity contribution < 1.29 is 73.0 Å². The molecule has 3 fully saturated rings. The van der Waals surface area contributed by atoms with Crippen molar-refractivity contribution in [2.45, 2.75) is 132 Å². The van der Waals surface area contributed by atoms with E-state index in [2.05, 4.69) is 19.2 Å². The summed E-state index contributed by atoms with van der Waals surface area (Å²) in [6, 6.07) is 29.3. The number of ketones is 1. The number of carbonyl (C=O) groups is 8. The molecule has 5 amide bonds. The number of Topliss-reactive ketones (excluding diaryl/α,β-unsaturated/α-hetero) is 1. The first-order chi connectivity index (χ1) is 37.5. The van der Waals surface area contributed by atoms with Crippen LogP contribution < -0.4 is 5.32 Å². The van der Waals surface area contributed by atoms with E-state index in [1.165, 1.54) is 22.3 Å². The minimum Gasteiger partial charge on any atom is -0.481 e. The number of cyclic esters (lactones) is 3. The summed E-state index contributed by atoms with van der Waals surface area (Å²) in [6.07, 6.45) is 3.68. The minimum atomic E-state index is -0.803. The number of hydrogen-bond donors (Lipinski definition) is 5. The number of thioether (sulfide) groups is 1. The molecule has 0 saturated carbocycles. The molecule has 3 aromatic carbocycles. The van der Waals surface area contributed by atoms with Gasteiger partial charge in [-0.25, -0.2) is 24.2 Å². The number of carboxylic acids is 1. The maximum absolute atomic E-state index is 12.6. The van der Waals surface area contributed by atoms with Crippen molar-refractivity contribution >= 4 is 58.7 Å². The fourth-order valence-electron chi connectivity index (χ4n) is 8.59. The van der Waals surface area contributed by atoms with Crippen LogP contribution in [0.5, 0.6) is 0 Å². The molecule has 0 aliphatic carbocycles. The Kier molecular flexibility index (Phi) is 32.9. The van der Waals surface area contributed by atoms with E-state index < -0.39 is 36.6 Å². The Balaban J connectivity index is 0.000000347. The number of hydrogen-bond acceptors (Lipinski definition) is 15. The van der Waals surface area contributed by atoms with Crippen LogP contribution in [-0.2, 0) is 57.4 Å². The Morgan fingerprint density at radius 3 is 1.41 bits per heavy atom. The van der Waals surface area contributed by atoms with Gasteiger partial charge in [-0.3, -0.25) is 24.0 Å². The lowest BCUT2D eigenvalue weighted by Gasteiger charge is -2.24. The number of aliphatic hydroxyl groups is 3. The van der Waals surface area contributed by atoms with Gasteiger partial charge in [0.15, 0.2) is 10.9 Å². The average molecular weight is 1120 g/mol. The first-order valence-corrected chi connectivity index (χ1v) is 28.2. The maximum atomic E-state index is 12.6. The Labute approximate surface area is 471 Å². The number of carbonyl (C=O) groups excluding carboxylic acids is 7. The summed E-state index contributed by atoms with van der Waals surface area (Å²) in [4.78, 5) is 93.9. The van der Waals surface area contributed by atoms with Gasteiger partial charge in [-0.15, -0.1) is 0 Å². The Hall–Kier alpha value is -6.15. The molecular formula is C60H87N3O15S. The van der Waals surface area contributed by atoms with E-state index in [1.54, 1.807) is 0 Å². The highest BCUT2D eigenvalue weighted by Crippen LogP contribution is 2.24. The predicted octanol–water partition coefficient (Wildman–Crippen LogP) is 8.80. The molecule has 0 radical (unpaired) electrons. The number of aliphatic carboxylic acids is 1. The minimum absolute atomic E-state index is 0.0185. The first kappa shape index (κ1) is 69.0. The molecule has 18 nitrogen and oxygen atoms in total. The molecule has 3 aromatic rings. The second kappa shape index (κ2) is 37.7. The summed E-state index contributed by atoms with van der Waals surface area (Å²) in [5.74, 6) is -1.000. The molecule has 3 heterocycles. The van der Waals surface area contributed by atoms with Crippen molar-refractivity contribution in [2.75, 3.05) is 45.4 Å². The van der Waals surface area contributed by atoms with Crippen molar-refractivity contribution in [1.82, 2.24) is 15.1 Å². The molecule has 0 unspecified atom stereocenters. The van der Waals surface area contributed by atoms with Gasteiger partial charge in [0, 0.05) is 25.0 Å². The van der Waals surface area contributed by atoms with E-state index in [4.69, 9.17) is 29.5 Å². The molecule has 19 heteroatoms. The number of benzene rings is 3. The van der Waals surface area contributed by atoms with Gasteiger partial charge in [0.25, 0.3) is 0 Å². The molecule has 6 rings (SSSR count). The van der Waals surface area contributed by atoms with Crippen LogP contribution in [0.2, 0.25) is 0 Å². The molecule has 0 aromatic heterocycles. The van der Waals surface area contributed by atoms with Crippen molar-refractivity contribution in [3.05, 3.63) is 108 Å². The standard InChI is InChI=1S/C17H23NO4.C16H21NO3.C10H11NO2.C9H16O3S.C8H16O3/c1-12(2)8-14(10-19)16(20)18-15(11-22-17(18)21)9-13-6-4-3-5-7-13;1-12(2)8-9-15(18)17-14(11-20-16(17)19)10-13-6-4-3-5-7-13;12-10-11-9(7-13-10)6-8-4-2-1-3-5-8;1-6(2)4-8(9(11)12)5-13-7(3)10;1-6(2)3-7(4-9)8(11)5-10/h3-7,12,14-15,19H,8-11H2,1-2H3;3-7,12,14H,8-11H2,1-2H3;1-5,9H,6-7H2,(H,11,12);6,8H,4-5H2,1-3H3,(H,11,12);6-7,9-10H,3-5H2,1-2H3/t14-,15+;14-;9-;8-;7-/m10011/s1. The molecule has 438 valence electrons. The SMILES string of the molecule is CC(=O)SC[C@@H](CC(C)C)C(=O)O.CC(C)CCC(=O)N1C(=O)OC[C@@H]1Cc1ccccc1.CC(C)C[C@H](CO)C(=O)CO.CC(C)C[C@H](CO)C(=O)N1C(=O)OC[C@@H]1Cc1ccccc1.O=C1N[C@@H](Cc2ccccc2)CO1. The Morgan fingerprint density at radius 1 is 0.582 bits per heavy atom. The van der Waals surface area contributed by atoms with Crippen LogP contribution in [0.25, 0.3) is 0 Å². The van der Waals surface area contributed by atoms with Gasteiger partial charge in [-0.1, -0.05) is 158 Å². The van der Waals surface area contributed by atoms with Gasteiger partial charge in [0.2, 0.25) is 11.8 Å². The lowest BCUT2D eigenvalue weighted by Crippen LogP contribution is -2.44. The number of rotatable bonds is 23. The number of amides is 5. The van der Waals surface area contributed by atoms with Crippen LogP contribution in [0, 0.1) is 41.4 Å². The second-order valence-corrected chi connectivity index (χ2v) is 22.7. The normalized spacial score (nSPS) is 17.5. The van der Waals surface area contributed by atoms with E-state index in [1.807, 2.05) is 133 Å². The van der Waals surface area contributed by atoms with Gasteiger partial charge in [0.1, 0.15) is 26.4 Å². The Morgan fingerprint density at radius 2 is 1.01 bits per heavy atom. The van der Waals surface area contributed by atoms with Crippen LogP contribution >= 0.6 is 11.8 Å². The van der Waals surface area contributed by atoms with Gasteiger partial charge in [0.05, 0.1) is 43.2 Å². The van der Waals surface area contributed by atoms with E-state index in [-0.39, 0.29) is 78.6 Å². The molecule has 0 bridgehead atoms. The third-order valence-electron chi connectivity index (χ3n) is 12.6. The molecule has 3 aliphatic rings. The molecule has 3 saturated heterocycles. The van der Waals surface area contributed by atoms with E-state index in [0.717, 1.165) is 35.7 Å². The highest BCUT2D eigenvalue weighted by Gasteiger charge is 2.41. The zero-order valence-corrected chi connectivity index (χ0v) is 48.4. The van der Waals surface area contributed by atoms with Crippen LogP contribution in [-0.4, -0.2) is 141 Å². The van der Waals surface area contributed by atoms with Crippen LogP contribution in [0.15, 0.2) is 91.0 Å². The van der Waals surface area contributed by atoms with Crippen LogP contribution in [0.1, 0.15) is 111 Å². The third kappa shape index (κ3) is 27.5. The summed E-state index contributed by atoms with van der Waals surface area (Å²) in [5, 5.41) is 38.2. The molecule has 3 aliphatic heterocycles. The van der Waals surface area contributed by atoms with Crippen molar-refractivity contribution in [1.29, 1.82) is 0 Å². The maximum Gasteiger partial charge on any atom is 0.416 e. The number of imide groups is 2. The fraction of sp³-hybridized carbons (Fsp3) is 0.567. The van der Waals surface area contributed by atoms with Crippen molar-refractivity contribution in [3.63, 3.8) is 0 Å². The van der Waals surface area contributed by atoms with Gasteiger partial charge < -0.3 is 40.0 Å². The number of nitrogens with zero attached hydrogens (tertiary/aromatic N) is 2. The number of nitrogens with one attached hydrogen (secondary N) is 1. The third-order valence-corrected chi connectivity index (χ3v) is 13.5. The summed E-state index contributed by atoms with van der Waals surface area (Å²) in [7, 11) is 0. The highest BCUT2D eigenvalue weighted by atomic mass is 32.2. The van der Waals surface area contributed by atoms with Gasteiger partial charge in [-0.2, -0.15) is 0 Å². The summed E-state index contributed by atoms with van der Waals surface area (Å²) >= 11 is 1.09. The van der Waals surface area contributed by atoms with Crippen molar-refractivity contribution in [2.24, 2.45) is 41.4 Å². The monoisotopic (exact) mass is 1120 g/mol. The van der Waals surface area contributed by atoms with E-state index >= 15 is 0 Å². The molecule has 0 spiro atoms. The van der Waals surface area contributed by atoms with Crippen molar-refractivity contribution in [3.8, 4) is 0 Å². The van der Waals surface area contributed by atoms with E-state index in [0.29, 0.717) is 75.2 Å². The fourth-order valence-corrected chi connectivity index (χ4v) is 9.30. The zero-order valence-electron chi connectivity index (χ0n) is 47.6.